The van der Waals surface area contributed by atoms with Gasteiger partial charge in [-0.05, 0) is 49.4 Å². The number of ketones is 1. The van der Waals surface area contributed by atoms with E-state index in [1.807, 2.05) is 6.92 Å². The molecule has 0 radical (unpaired) electrons. The lowest BCUT2D eigenvalue weighted by Crippen LogP contribution is -2.20. The molecular formula is C19H17Cl2N3O5S2. The van der Waals surface area contributed by atoms with Crippen LogP contribution in [0.4, 0.5) is 11.6 Å². The van der Waals surface area contributed by atoms with Crippen molar-refractivity contribution in [2.45, 2.75) is 25.7 Å². The van der Waals surface area contributed by atoms with Gasteiger partial charge in [-0.1, -0.05) is 22.8 Å². The van der Waals surface area contributed by atoms with Gasteiger partial charge in [-0.15, -0.1) is 22.9 Å². The minimum atomic E-state index is -4.20. The van der Waals surface area contributed by atoms with Crippen LogP contribution in [0.5, 0.6) is 0 Å². The zero-order valence-electron chi connectivity index (χ0n) is 16.6. The first-order valence-corrected chi connectivity index (χ1v) is 12.1. The van der Waals surface area contributed by atoms with E-state index in [1.165, 1.54) is 11.4 Å². The lowest BCUT2D eigenvalue weighted by molar-refractivity contribution is 0.102. The molecule has 31 heavy (non-hydrogen) atoms. The summed E-state index contributed by atoms with van der Waals surface area (Å²) in [6, 6.07) is 4.70. The molecule has 8 nitrogen and oxygen atoms in total. The van der Waals surface area contributed by atoms with E-state index in [2.05, 4.69) is 15.2 Å². The molecule has 0 fully saturated rings. The highest BCUT2D eigenvalue weighted by atomic mass is 35.5. The number of aromatic nitrogens is 1. The second-order valence-corrected chi connectivity index (χ2v) is 9.86. The van der Waals surface area contributed by atoms with Gasteiger partial charge < -0.3 is 9.84 Å². The molecule has 1 aromatic carbocycles. The number of nitrogens with one attached hydrogen (secondary N) is 2. The van der Waals surface area contributed by atoms with E-state index < -0.39 is 15.9 Å². The van der Waals surface area contributed by atoms with E-state index in [1.54, 1.807) is 26.0 Å². The number of carbonyl (C=O) groups excluding carboxylic acids is 2. The van der Waals surface area contributed by atoms with E-state index in [0.717, 1.165) is 16.9 Å². The highest BCUT2D eigenvalue weighted by molar-refractivity contribution is 7.93. The second kappa shape index (κ2) is 8.99. The number of thiophene rings is 1. The van der Waals surface area contributed by atoms with Crippen molar-refractivity contribution >= 4 is 67.8 Å². The molecule has 0 spiro atoms. The molecule has 1 amide bonds. The van der Waals surface area contributed by atoms with E-state index in [0.29, 0.717) is 11.3 Å². The Balaban J connectivity index is 1.95. The first-order chi connectivity index (χ1) is 14.5. The minimum absolute atomic E-state index is 0.0179. The second-order valence-electron chi connectivity index (χ2n) is 6.65. The number of anilines is 2. The van der Waals surface area contributed by atoms with Crippen molar-refractivity contribution in [1.82, 2.24) is 5.16 Å². The average Bonchev–Trinajstić information content (AvgIpc) is 3.32. The van der Waals surface area contributed by atoms with Crippen molar-refractivity contribution in [2.24, 2.45) is 0 Å². The number of Topliss-reactive ketones (excluding diaryl/α,β-unsaturated/α-hetero) is 1. The Hall–Kier alpha value is -2.40. The lowest BCUT2D eigenvalue weighted by Gasteiger charge is -2.14. The highest BCUT2D eigenvalue weighted by Gasteiger charge is 2.28. The van der Waals surface area contributed by atoms with Gasteiger partial charge in [0.15, 0.2) is 5.78 Å². The predicted octanol–water partition coefficient (Wildman–Crippen LogP) is 4.79. The largest absolute Gasteiger partial charge is 0.336 e. The fourth-order valence-electron chi connectivity index (χ4n) is 2.87. The third kappa shape index (κ3) is 4.77. The Bertz CT molecular complexity index is 1280. The maximum Gasteiger partial charge on any atom is 0.267 e. The summed E-state index contributed by atoms with van der Waals surface area (Å²) in [5, 5.41) is 7.73. The highest BCUT2D eigenvalue weighted by Crippen LogP contribution is 2.31. The van der Waals surface area contributed by atoms with Crippen LogP contribution in [0.1, 0.15) is 36.9 Å². The number of benzene rings is 1. The number of alkyl halides is 1. The molecule has 2 heterocycles. The summed E-state index contributed by atoms with van der Waals surface area (Å²) in [5.41, 5.74) is 2.31. The van der Waals surface area contributed by atoms with Gasteiger partial charge in [0.05, 0.1) is 11.6 Å². The van der Waals surface area contributed by atoms with E-state index >= 15 is 0 Å². The van der Waals surface area contributed by atoms with Crippen LogP contribution in [-0.2, 0) is 10.0 Å². The molecule has 12 heteroatoms. The number of amides is 1. The Morgan fingerprint density at radius 3 is 2.55 bits per heavy atom. The van der Waals surface area contributed by atoms with Crippen LogP contribution in [0.3, 0.4) is 0 Å². The Morgan fingerprint density at radius 1 is 1.23 bits per heavy atom. The number of carbonyl (C=O) groups is 2. The van der Waals surface area contributed by atoms with Crippen molar-refractivity contribution in [2.75, 3.05) is 15.9 Å². The molecule has 0 aliphatic heterocycles. The number of nitrogens with zero attached hydrogens (tertiary/aromatic N) is 1. The minimum Gasteiger partial charge on any atom is -0.336 e. The van der Waals surface area contributed by atoms with Crippen LogP contribution in [0, 0.1) is 20.8 Å². The maximum atomic E-state index is 13.0. The quantitative estimate of drug-likeness (QED) is 0.354. The van der Waals surface area contributed by atoms with Crippen LogP contribution < -0.4 is 10.0 Å². The molecule has 3 aromatic rings. The van der Waals surface area contributed by atoms with Crippen LogP contribution in [0.15, 0.2) is 33.0 Å². The zero-order chi connectivity index (χ0) is 22.9. The van der Waals surface area contributed by atoms with Gasteiger partial charge in [-0.2, -0.15) is 0 Å². The van der Waals surface area contributed by atoms with Gasteiger partial charge in [0, 0.05) is 5.56 Å². The van der Waals surface area contributed by atoms with Crippen LogP contribution in [-0.4, -0.2) is 31.1 Å². The van der Waals surface area contributed by atoms with Gasteiger partial charge in [0.1, 0.15) is 20.5 Å². The summed E-state index contributed by atoms with van der Waals surface area (Å²) < 4.78 is 32.7. The summed E-state index contributed by atoms with van der Waals surface area (Å²) in [5.74, 6) is -1.56. The monoisotopic (exact) mass is 501 g/mol. The molecule has 2 aromatic heterocycles. The van der Waals surface area contributed by atoms with E-state index in [9.17, 15) is 18.0 Å². The number of aryl methyl sites for hydroxylation is 3. The molecule has 2 N–H and O–H groups in total. The predicted molar refractivity (Wildman–Crippen MR) is 120 cm³/mol. The van der Waals surface area contributed by atoms with Gasteiger partial charge >= 0.3 is 0 Å². The summed E-state index contributed by atoms with van der Waals surface area (Å²) in [7, 11) is -4.20. The van der Waals surface area contributed by atoms with E-state index in [-0.39, 0.29) is 43.6 Å². The number of halogens is 2. The standard InChI is InChI=1S/C19H17Cl2N3O5S2/c1-9-6-10(2)16(12(7-9)13(25)8-20)22-18(26)17-14(4-5-30-17)31(27,28)24-19-15(21)11(3)23-29-19/h4-7,24H,8H2,1-3H3,(H,22,26). The SMILES string of the molecule is Cc1cc(C)c(NC(=O)c2sccc2S(=O)(=O)Nc2onc(C)c2Cl)c(C(=O)CCl)c1. The van der Waals surface area contributed by atoms with Crippen LogP contribution >= 0.6 is 34.5 Å². The molecule has 0 aliphatic rings. The summed E-state index contributed by atoms with van der Waals surface area (Å²) in [6.07, 6.45) is 0. The fourth-order valence-corrected chi connectivity index (χ4v) is 5.51. The van der Waals surface area contributed by atoms with Crippen molar-refractivity contribution in [3.05, 3.63) is 55.9 Å². The summed E-state index contributed by atoms with van der Waals surface area (Å²) in [6.45, 7) is 5.10. The molecule has 164 valence electrons. The Morgan fingerprint density at radius 2 is 1.94 bits per heavy atom. The van der Waals surface area contributed by atoms with Crippen LogP contribution in [0.2, 0.25) is 5.02 Å². The number of hydrogen-bond acceptors (Lipinski definition) is 7. The van der Waals surface area contributed by atoms with Crippen LogP contribution in [0.25, 0.3) is 0 Å². The number of sulfonamides is 1. The fraction of sp³-hybridized carbons (Fsp3) is 0.211. The normalized spacial score (nSPS) is 11.4. The molecule has 3 rings (SSSR count). The Labute approximate surface area is 192 Å². The molecule has 0 atom stereocenters. The van der Waals surface area contributed by atoms with Crippen molar-refractivity contribution in [3.8, 4) is 0 Å². The third-order valence-electron chi connectivity index (χ3n) is 4.28. The number of rotatable bonds is 7. The van der Waals surface area contributed by atoms with Gasteiger partial charge in [-0.3, -0.25) is 9.59 Å². The average molecular weight is 502 g/mol. The molecule has 0 unspecified atom stereocenters. The molecular weight excluding hydrogens is 485 g/mol. The van der Waals surface area contributed by atoms with E-state index in [4.69, 9.17) is 27.7 Å². The summed E-state index contributed by atoms with van der Waals surface area (Å²) >= 11 is 12.6. The topological polar surface area (TPSA) is 118 Å². The maximum absolute atomic E-state index is 13.0. The van der Waals surface area contributed by atoms with Crippen molar-refractivity contribution in [1.29, 1.82) is 0 Å². The summed E-state index contributed by atoms with van der Waals surface area (Å²) in [4.78, 5) is 24.9. The van der Waals surface area contributed by atoms with Crippen molar-refractivity contribution in [3.63, 3.8) is 0 Å². The zero-order valence-corrected chi connectivity index (χ0v) is 19.7. The Kier molecular flexibility index (Phi) is 6.75. The third-order valence-corrected chi connectivity index (χ3v) is 7.39. The molecule has 0 aliphatic carbocycles. The van der Waals surface area contributed by atoms with Gasteiger partial charge in [-0.25, -0.2) is 13.1 Å². The smallest absolute Gasteiger partial charge is 0.267 e. The van der Waals surface area contributed by atoms with Gasteiger partial charge in [0.25, 0.3) is 21.8 Å². The molecule has 0 saturated carbocycles. The molecule has 0 saturated heterocycles. The first kappa shape index (κ1) is 23.3. The van der Waals surface area contributed by atoms with Gasteiger partial charge in [0.2, 0.25) is 0 Å². The lowest BCUT2D eigenvalue weighted by atomic mass is 10.0. The molecule has 0 bridgehead atoms. The number of hydrogen-bond donors (Lipinski definition) is 2. The van der Waals surface area contributed by atoms with Crippen molar-refractivity contribution < 1.29 is 22.5 Å². The first-order valence-electron chi connectivity index (χ1n) is 8.79.